The molecule has 0 radical (unpaired) electrons. The van der Waals surface area contributed by atoms with Crippen molar-refractivity contribution in [2.24, 2.45) is 0 Å². The van der Waals surface area contributed by atoms with Crippen molar-refractivity contribution in [3.8, 4) is 0 Å². The largest absolute Gasteiger partial charge is 0.501 e. The van der Waals surface area contributed by atoms with Crippen molar-refractivity contribution in [1.82, 2.24) is 0 Å². The van der Waals surface area contributed by atoms with E-state index in [-0.39, 0.29) is 0 Å². The van der Waals surface area contributed by atoms with E-state index in [9.17, 15) is 21.6 Å². The monoisotopic (exact) mass is 238 g/mol. The first-order chi connectivity index (χ1) is 6.66. The van der Waals surface area contributed by atoms with Gasteiger partial charge in [0, 0.05) is 0 Å². The summed E-state index contributed by atoms with van der Waals surface area (Å²) in [5.41, 5.74) is -3.98. The lowest BCUT2D eigenvalue weighted by molar-refractivity contribution is -0.0436. The van der Waals surface area contributed by atoms with Crippen LogP contribution >= 0.6 is 0 Å². The second-order valence-electron chi connectivity index (χ2n) is 3.20. The molecule has 0 aliphatic carbocycles. The normalized spacial score (nSPS) is 12.9. The number of sulfone groups is 1. The lowest BCUT2D eigenvalue weighted by atomic mass is 10.1. The van der Waals surface area contributed by atoms with Gasteiger partial charge in [0.25, 0.3) is 9.84 Å². The molecule has 1 aromatic carbocycles. The van der Waals surface area contributed by atoms with Gasteiger partial charge in [-0.2, -0.15) is 13.2 Å². The molecule has 0 aliphatic heterocycles. The lowest BCUT2D eigenvalue weighted by Gasteiger charge is -2.09. The van der Waals surface area contributed by atoms with Gasteiger partial charge in [0.1, 0.15) is 0 Å². The Labute approximate surface area is 85.6 Å². The van der Waals surface area contributed by atoms with E-state index in [4.69, 9.17) is 0 Å². The molecule has 0 fully saturated rings. The fraction of sp³-hybridized carbons (Fsp3) is 0.333. The van der Waals surface area contributed by atoms with E-state index in [1.165, 1.54) is 6.07 Å². The zero-order valence-corrected chi connectivity index (χ0v) is 8.91. The molecule has 0 atom stereocenters. The SMILES string of the molecule is Cc1ccc(S(=O)(=O)C(F)(F)F)cc1C. The van der Waals surface area contributed by atoms with Crippen molar-refractivity contribution < 1.29 is 21.6 Å². The summed E-state index contributed by atoms with van der Waals surface area (Å²) in [6, 6.07) is 3.34. The van der Waals surface area contributed by atoms with Crippen LogP contribution in [0.1, 0.15) is 11.1 Å². The number of rotatable bonds is 1. The number of hydrogen-bond donors (Lipinski definition) is 0. The molecule has 0 unspecified atom stereocenters. The van der Waals surface area contributed by atoms with E-state index in [0.29, 0.717) is 5.56 Å². The summed E-state index contributed by atoms with van der Waals surface area (Å²) in [7, 11) is -5.22. The summed E-state index contributed by atoms with van der Waals surface area (Å²) in [6.45, 7) is 3.25. The van der Waals surface area contributed by atoms with Crippen molar-refractivity contribution >= 4 is 9.84 Å². The Morgan fingerprint density at radius 3 is 2.00 bits per heavy atom. The van der Waals surface area contributed by atoms with Crippen LogP contribution in [0.5, 0.6) is 0 Å². The molecule has 1 rings (SSSR count). The molecular formula is C9H9F3O2S. The van der Waals surface area contributed by atoms with Crippen LogP contribution in [0.3, 0.4) is 0 Å². The van der Waals surface area contributed by atoms with Crippen LogP contribution in [0.2, 0.25) is 0 Å². The molecule has 0 aromatic heterocycles. The van der Waals surface area contributed by atoms with Gasteiger partial charge in [0.2, 0.25) is 0 Å². The number of halogens is 3. The van der Waals surface area contributed by atoms with Crippen LogP contribution in [-0.2, 0) is 9.84 Å². The van der Waals surface area contributed by atoms with E-state index in [1.807, 2.05) is 0 Å². The van der Waals surface area contributed by atoms with Gasteiger partial charge in [-0.05, 0) is 37.1 Å². The van der Waals surface area contributed by atoms with Crippen LogP contribution in [0.4, 0.5) is 13.2 Å². The minimum absolute atomic E-state index is 0.514. The minimum Gasteiger partial charge on any atom is -0.214 e. The first kappa shape index (κ1) is 12.0. The number of hydrogen-bond acceptors (Lipinski definition) is 2. The Morgan fingerprint density at radius 2 is 1.60 bits per heavy atom. The zero-order valence-electron chi connectivity index (χ0n) is 8.09. The number of alkyl halides is 3. The van der Waals surface area contributed by atoms with Crippen molar-refractivity contribution in [1.29, 1.82) is 0 Å². The first-order valence-electron chi connectivity index (χ1n) is 4.05. The second-order valence-corrected chi connectivity index (χ2v) is 5.14. The van der Waals surface area contributed by atoms with Crippen molar-refractivity contribution in [3.63, 3.8) is 0 Å². The maximum atomic E-state index is 12.2. The highest BCUT2D eigenvalue weighted by Crippen LogP contribution is 2.30. The molecule has 0 heterocycles. The Kier molecular flexibility index (Phi) is 2.82. The van der Waals surface area contributed by atoms with E-state index in [2.05, 4.69) is 0 Å². The minimum atomic E-state index is -5.24. The van der Waals surface area contributed by atoms with Crippen molar-refractivity contribution in [2.45, 2.75) is 24.3 Å². The molecule has 6 heteroatoms. The predicted octanol–water partition coefficient (Wildman–Crippen LogP) is 2.60. The third-order valence-corrected chi connectivity index (χ3v) is 3.58. The van der Waals surface area contributed by atoms with E-state index in [0.717, 1.165) is 17.7 Å². The van der Waals surface area contributed by atoms with Gasteiger partial charge in [-0.15, -0.1) is 0 Å². The summed E-state index contributed by atoms with van der Waals surface area (Å²) < 4.78 is 58.5. The third-order valence-electron chi connectivity index (χ3n) is 2.09. The molecule has 0 saturated carbocycles. The number of benzene rings is 1. The third kappa shape index (κ3) is 2.14. The summed E-state index contributed by atoms with van der Waals surface area (Å²) in [5, 5.41) is 0. The van der Waals surface area contributed by atoms with Crippen LogP contribution in [0.15, 0.2) is 23.1 Å². The Morgan fingerprint density at radius 1 is 1.07 bits per heavy atom. The predicted molar refractivity (Wildman–Crippen MR) is 49.2 cm³/mol. The summed E-state index contributed by atoms with van der Waals surface area (Å²) in [5.74, 6) is 0. The van der Waals surface area contributed by atoms with E-state index < -0.39 is 20.2 Å². The van der Waals surface area contributed by atoms with Gasteiger partial charge in [-0.3, -0.25) is 0 Å². The first-order valence-corrected chi connectivity index (χ1v) is 5.53. The molecule has 0 spiro atoms. The molecule has 0 aliphatic rings. The summed E-state index contributed by atoms with van der Waals surface area (Å²) >= 11 is 0. The fourth-order valence-corrected chi connectivity index (χ4v) is 1.86. The average molecular weight is 238 g/mol. The zero-order chi connectivity index (χ0) is 11.9. The van der Waals surface area contributed by atoms with Crippen molar-refractivity contribution in [2.75, 3.05) is 0 Å². The van der Waals surface area contributed by atoms with Crippen LogP contribution in [-0.4, -0.2) is 13.9 Å². The second kappa shape index (κ2) is 3.52. The van der Waals surface area contributed by atoms with Crippen LogP contribution in [0.25, 0.3) is 0 Å². The Bertz CT molecular complexity index is 475. The maximum Gasteiger partial charge on any atom is 0.501 e. The smallest absolute Gasteiger partial charge is 0.214 e. The van der Waals surface area contributed by atoms with Gasteiger partial charge in [-0.25, -0.2) is 8.42 Å². The van der Waals surface area contributed by atoms with E-state index >= 15 is 0 Å². The van der Waals surface area contributed by atoms with E-state index in [1.54, 1.807) is 13.8 Å². The number of aryl methyl sites for hydroxylation is 2. The molecule has 15 heavy (non-hydrogen) atoms. The highest BCUT2D eigenvalue weighted by atomic mass is 32.2. The standard InChI is InChI=1S/C9H9F3O2S/c1-6-3-4-8(5-7(6)2)15(13,14)9(10,11)12/h3-5H,1-2H3. The van der Waals surface area contributed by atoms with Gasteiger partial charge >= 0.3 is 5.51 Å². The van der Waals surface area contributed by atoms with Gasteiger partial charge in [-0.1, -0.05) is 6.07 Å². The molecule has 0 saturated heterocycles. The molecular weight excluding hydrogens is 229 g/mol. The topological polar surface area (TPSA) is 34.1 Å². The molecule has 1 aromatic rings. The lowest BCUT2D eigenvalue weighted by Crippen LogP contribution is -2.23. The summed E-state index contributed by atoms with van der Waals surface area (Å²) in [4.78, 5) is -0.710. The molecule has 0 bridgehead atoms. The molecule has 0 N–H and O–H groups in total. The maximum absolute atomic E-state index is 12.2. The van der Waals surface area contributed by atoms with Gasteiger partial charge in [0.15, 0.2) is 0 Å². The van der Waals surface area contributed by atoms with Crippen molar-refractivity contribution in [3.05, 3.63) is 29.3 Å². The average Bonchev–Trinajstić information content (AvgIpc) is 2.07. The molecule has 84 valence electrons. The van der Waals surface area contributed by atoms with Crippen LogP contribution < -0.4 is 0 Å². The fourth-order valence-electron chi connectivity index (χ4n) is 1.01. The highest BCUT2D eigenvalue weighted by molar-refractivity contribution is 7.92. The Hall–Kier alpha value is -1.04. The van der Waals surface area contributed by atoms with Gasteiger partial charge < -0.3 is 0 Å². The quantitative estimate of drug-likeness (QED) is 0.753. The molecule has 0 amide bonds. The highest BCUT2D eigenvalue weighted by Gasteiger charge is 2.46. The Balaban J connectivity index is 3.36. The van der Waals surface area contributed by atoms with Gasteiger partial charge in [0.05, 0.1) is 4.90 Å². The summed E-state index contributed by atoms with van der Waals surface area (Å²) in [6.07, 6.45) is 0. The van der Waals surface area contributed by atoms with Crippen LogP contribution in [0, 0.1) is 13.8 Å². The molecule has 2 nitrogen and oxygen atoms in total.